The van der Waals surface area contributed by atoms with Gasteiger partial charge in [-0.3, -0.25) is 4.79 Å². The van der Waals surface area contributed by atoms with E-state index in [2.05, 4.69) is 0 Å². The third-order valence-corrected chi connectivity index (χ3v) is 4.05. The van der Waals surface area contributed by atoms with E-state index in [-0.39, 0.29) is 12.5 Å². The summed E-state index contributed by atoms with van der Waals surface area (Å²) in [5, 5.41) is 8.75. The van der Waals surface area contributed by atoms with Crippen LogP contribution in [0.25, 0.3) is 0 Å². The maximum Gasteiger partial charge on any atom is 0.410 e. The highest BCUT2D eigenvalue weighted by Crippen LogP contribution is 2.15. The summed E-state index contributed by atoms with van der Waals surface area (Å²) in [6.07, 6.45) is 0.206. The first kappa shape index (κ1) is 22.3. The summed E-state index contributed by atoms with van der Waals surface area (Å²) in [5.74, 6) is -0.140. The second-order valence-electron chi connectivity index (χ2n) is 7.77. The monoisotopic (exact) mass is 399 g/mol. The van der Waals surface area contributed by atoms with Crippen molar-refractivity contribution in [1.29, 1.82) is 0 Å². The molecule has 0 saturated heterocycles. The molecule has 0 aliphatic rings. The van der Waals surface area contributed by atoms with Crippen molar-refractivity contribution in [3.8, 4) is 5.75 Å². The summed E-state index contributed by atoms with van der Waals surface area (Å²) in [6.45, 7) is 6.66. The number of hydrogen-bond acceptors (Lipinski definition) is 4. The van der Waals surface area contributed by atoms with Gasteiger partial charge < -0.3 is 19.5 Å². The second-order valence-corrected chi connectivity index (χ2v) is 7.77. The van der Waals surface area contributed by atoms with E-state index >= 15 is 0 Å². The van der Waals surface area contributed by atoms with Crippen LogP contribution in [-0.4, -0.2) is 40.8 Å². The highest BCUT2D eigenvalue weighted by Gasteiger charge is 2.22. The second kappa shape index (κ2) is 10.5. The fourth-order valence-electron chi connectivity index (χ4n) is 2.64. The fourth-order valence-corrected chi connectivity index (χ4v) is 2.64. The largest absolute Gasteiger partial charge is 0.492 e. The van der Waals surface area contributed by atoms with Gasteiger partial charge in [-0.15, -0.1) is 0 Å². The van der Waals surface area contributed by atoms with Crippen molar-refractivity contribution in [2.45, 2.75) is 45.8 Å². The Morgan fingerprint density at radius 3 is 2.21 bits per heavy atom. The Hall–Kier alpha value is -3.02. The number of hydrogen-bond donors (Lipinski definition) is 1. The van der Waals surface area contributed by atoms with Crippen molar-refractivity contribution < 1.29 is 24.2 Å². The number of carboxylic acid groups (broad SMARTS) is 1. The molecule has 2 aromatic rings. The maximum absolute atomic E-state index is 12.6. The van der Waals surface area contributed by atoms with Gasteiger partial charge in [0.25, 0.3) is 0 Å². The topological polar surface area (TPSA) is 76.1 Å². The van der Waals surface area contributed by atoms with Crippen LogP contribution in [0.4, 0.5) is 4.79 Å². The van der Waals surface area contributed by atoms with Crippen LogP contribution in [0.2, 0.25) is 0 Å². The fraction of sp³-hybridized carbons (Fsp3) is 0.391. The van der Waals surface area contributed by atoms with Crippen LogP contribution in [0.15, 0.2) is 54.6 Å². The lowest BCUT2D eigenvalue weighted by atomic mass is 10.1. The van der Waals surface area contributed by atoms with Crippen molar-refractivity contribution in [1.82, 2.24) is 4.90 Å². The maximum atomic E-state index is 12.6. The predicted molar refractivity (Wildman–Crippen MR) is 111 cm³/mol. The van der Waals surface area contributed by atoms with E-state index in [1.807, 2.05) is 75.4 Å². The molecule has 0 aromatic heterocycles. The number of carbonyl (C=O) groups is 2. The molecule has 0 fully saturated rings. The number of amides is 1. The van der Waals surface area contributed by atoms with Crippen LogP contribution in [-0.2, 0) is 22.5 Å². The van der Waals surface area contributed by atoms with Gasteiger partial charge in [-0.05, 0) is 50.5 Å². The van der Waals surface area contributed by atoms with E-state index < -0.39 is 11.6 Å². The van der Waals surface area contributed by atoms with Gasteiger partial charge in [-0.25, -0.2) is 4.79 Å². The summed E-state index contributed by atoms with van der Waals surface area (Å²) in [5.41, 5.74) is 1.39. The Kier molecular flexibility index (Phi) is 8.07. The Morgan fingerprint density at radius 1 is 0.966 bits per heavy atom. The molecule has 0 aliphatic heterocycles. The Bertz CT molecular complexity index is 781. The molecule has 0 atom stereocenters. The molecule has 1 amide bonds. The zero-order valence-corrected chi connectivity index (χ0v) is 17.3. The molecule has 2 aromatic carbocycles. The zero-order chi connectivity index (χ0) is 21.3. The van der Waals surface area contributed by atoms with Crippen molar-refractivity contribution in [3.63, 3.8) is 0 Å². The van der Waals surface area contributed by atoms with Gasteiger partial charge in [0.15, 0.2) is 0 Å². The van der Waals surface area contributed by atoms with Crippen LogP contribution in [0, 0.1) is 0 Å². The molecule has 0 unspecified atom stereocenters. The van der Waals surface area contributed by atoms with Crippen molar-refractivity contribution in [2.75, 3.05) is 13.2 Å². The number of ether oxygens (including phenoxy) is 2. The van der Waals surface area contributed by atoms with Crippen molar-refractivity contribution in [3.05, 3.63) is 65.7 Å². The van der Waals surface area contributed by atoms with Gasteiger partial charge in [0, 0.05) is 13.0 Å². The molecule has 0 saturated carbocycles. The van der Waals surface area contributed by atoms with Gasteiger partial charge in [-0.2, -0.15) is 0 Å². The summed E-state index contributed by atoms with van der Waals surface area (Å²) >= 11 is 0. The summed E-state index contributed by atoms with van der Waals surface area (Å²) < 4.78 is 11.3. The minimum Gasteiger partial charge on any atom is -0.492 e. The Labute approximate surface area is 172 Å². The van der Waals surface area contributed by atoms with Crippen molar-refractivity contribution in [2.24, 2.45) is 0 Å². The van der Waals surface area contributed by atoms with Gasteiger partial charge >= 0.3 is 12.1 Å². The summed E-state index contributed by atoms with van der Waals surface area (Å²) in [4.78, 5) is 24.9. The number of aryl methyl sites for hydroxylation is 1. The predicted octanol–water partition coefficient (Wildman–Crippen LogP) is 4.52. The molecule has 156 valence electrons. The molecule has 6 heteroatoms. The molecule has 0 radical (unpaired) electrons. The zero-order valence-electron chi connectivity index (χ0n) is 17.3. The molecule has 29 heavy (non-hydrogen) atoms. The Balaban J connectivity index is 1.92. The molecule has 0 bridgehead atoms. The third-order valence-electron chi connectivity index (χ3n) is 4.05. The lowest BCUT2D eigenvalue weighted by Gasteiger charge is -2.27. The number of benzene rings is 2. The van der Waals surface area contributed by atoms with Crippen LogP contribution >= 0.6 is 0 Å². The molecule has 0 heterocycles. The summed E-state index contributed by atoms with van der Waals surface area (Å²) in [7, 11) is 0. The molecular weight excluding hydrogens is 370 g/mol. The molecule has 1 N–H and O–H groups in total. The average molecular weight is 399 g/mol. The number of carboxylic acids is 1. The van der Waals surface area contributed by atoms with E-state index in [4.69, 9.17) is 14.6 Å². The van der Waals surface area contributed by atoms with E-state index in [0.29, 0.717) is 31.9 Å². The van der Waals surface area contributed by atoms with Gasteiger partial charge in [0.1, 0.15) is 18.0 Å². The first-order valence-corrected chi connectivity index (χ1v) is 9.68. The first-order chi connectivity index (χ1) is 13.7. The SMILES string of the molecule is CC(C)(C)OC(=O)N(CCOc1ccc(CCC(=O)O)cc1)Cc1ccccc1. The average Bonchev–Trinajstić information content (AvgIpc) is 2.66. The molecule has 0 aliphatic carbocycles. The molecule has 0 spiro atoms. The van der Waals surface area contributed by atoms with E-state index in [9.17, 15) is 9.59 Å². The van der Waals surface area contributed by atoms with E-state index in [1.165, 1.54) is 0 Å². The minimum absolute atomic E-state index is 0.102. The van der Waals surface area contributed by atoms with Gasteiger partial charge in [0.2, 0.25) is 0 Å². The van der Waals surface area contributed by atoms with E-state index in [0.717, 1.165) is 11.1 Å². The van der Waals surface area contributed by atoms with Crippen LogP contribution in [0.3, 0.4) is 0 Å². The number of aliphatic carboxylic acids is 1. The first-order valence-electron chi connectivity index (χ1n) is 9.68. The van der Waals surface area contributed by atoms with Crippen LogP contribution in [0.5, 0.6) is 5.75 Å². The lowest BCUT2D eigenvalue weighted by molar-refractivity contribution is -0.136. The van der Waals surface area contributed by atoms with Crippen LogP contribution < -0.4 is 4.74 Å². The van der Waals surface area contributed by atoms with Gasteiger partial charge in [0.05, 0.1) is 6.54 Å². The summed E-state index contributed by atoms with van der Waals surface area (Å²) in [6, 6.07) is 17.1. The number of rotatable bonds is 9. The standard InChI is InChI=1S/C23H29NO5/c1-23(2,3)29-22(27)24(17-19-7-5-4-6-8-19)15-16-28-20-12-9-18(10-13-20)11-14-21(25)26/h4-10,12-13H,11,14-17H2,1-3H3,(H,25,26). The van der Waals surface area contributed by atoms with Gasteiger partial charge in [-0.1, -0.05) is 42.5 Å². The van der Waals surface area contributed by atoms with Crippen LogP contribution in [0.1, 0.15) is 38.3 Å². The molecule has 6 nitrogen and oxygen atoms in total. The number of carbonyl (C=O) groups excluding carboxylic acids is 1. The minimum atomic E-state index is -0.814. The lowest BCUT2D eigenvalue weighted by Crippen LogP contribution is -2.38. The Morgan fingerprint density at radius 2 is 1.62 bits per heavy atom. The van der Waals surface area contributed by atoms with Crippen molar-refractivity contribution >= 4 is 12.1 Å². The molecular formula is C23H29NO5. The normalized spacial score (nSPS) is 11.0. The quantitative estimate of drug-likeness (QED) is 0.671. The highest BCUT2D eigenvalue weighted by molar-refractivity contribution is 5.68. The smallest absolute Gasteiger partial charge is 0.410 e. The molecule has 2 rings (SSSR count). The van der Waals surface area contributed by atoms with E-state index in [1.54, 1.807) is 4.90 Å². The number of nitrogens with zero attached hydrogens (tertiary/aromatic N) is 1. The highest BCUT2D eigenvalue weighted by atomic mass is 16.6. The third kappa shape index (κ3) is 8.68.